The highest BCUT2D eigenvalue weighted by molar-refractivity contribution is 7.17. The molecule has 0 aliphatic rings. The largest absolute Gasteiger partial charge is 0.459 e. The zero-order valence-corrected chi connectivity index (χ0v) is 13.7. The van der Waals surface area contributed by atoms with Crippen LogP contribution < -0.4 is 5.73 Å². The maximum atomic E-state index is 12.4. The van der Waals surface area contributed by atoms with E-state index in [4.69, 9.17) is 10.5 Å². The molecule has 2 N–H and O–H groups in total. The first kappa shape index (κ1) is 15.6. The summed E-state index contributed by atoms with van der Waals surface area (Å²) in [5, 5.41) is 0.531. The highest BCUT2D eigenvalue weighted by atomic mass is 32.1. The number of nitrogen functional groups attached to an aromatic ring is 1. The van der Waals surface area contributed by atoms with Crippen LogP contribution in [0.4, 0.5) is 5.00 Å². The first-order chi connectivity index (χ1) is 9.91. The molecule has 0 atom stereocenters. The summed E-state index contributed by atoms with van der Waals surface area (Å²) >= 11 is 1.48. The van der Waals surface area contributed by atoms with Gasteiger partial charge in [0.25, 0.3) is 0 Å². The van der Waals surface area contributed by atoms with Gasteiger partial charge in [-0.25, -0.2) is 4.79 Å². The molecule has 3 nitrogen and oxygen atoms in total. The zero-order valence-electron chi connectivity index (χ0n) is 12.8. The second-order valence-electron chi connectivity index (χ2n) is 5.56. The molecule has 0 saturated heterocycles. The summed E-state index contributed by atoms with van der Waals surface area (Å²) in [5.74, 6) is -0.0439. The van der Waals surface area contributed by atoms with Crippen molar-refractivity contribution in [2.75, 3.05) is 5.73 Å². The molecule has 0 saturated carbocycles. The Labute approximate surface area is 129 Å². The summed E-state index contributed by atoms with van der Waals surface area (Å²) in [7, 11) is 0. The third-order valence-electron chi connectivity index (χ3n) is 3.10. The molecule has 4 heteroatoms. The number of carbonyl (C=O) groups excluding carboxylic acids is 1. The van der Waals surface area contributed by atoms with Crippen LogP contribution in [0.1, 0.15) is 48.8 Å². The Kier molecular flexibility index (Phi) is 4.68. The summed E-state index contributed by atoms with van der Waals surface area (Å²) < 4.78 is 5.36. The van der Waals surface area contributed by atoms with Gasteiger partial charge in [-0.05, 0) is 25.3 Å². The topological polar surface area (TPSA) is 52.3 Å². The number of rotatable bonds is 4. The quantitative estimate of drug-likeness (QED) is 0.834. The summed E-state index contributed by atoms with van der Waals surface area (Å²) in [6.45, 7) is 7.89. The van der Waals surface area contributed by atoms with E-state index in [0.29, 0.717) is 16.5 Å². The van der Waals surface area contributed by atoms with E-state index in [1.54, 1.807) is 0 Å². The second kappa shape index (κ2) is 6.31. The average molecular weight is 303 g/mol. The molecule has 0 bridgehead atoms. The average Bonchev–Trinajstić information content (AvgIpc) is 2.77. The number of hydrogen-bond donors (Lipinski definition) is 1. The van der Waals surface area contributed by atoms with Gasteiger partial charge in [0.15, 0.2) is 0 Å². The van der Waals surface area contributed by atoms with E-state index in [2.05, 4.69) is 13.8 Å². The van der Waals surface area contributed by atoms with E-state index in [1.807, 2.05) is 44.2 Å². The van der Waals surface area contributed by atoms with Crippen LogP contribution in [-0.2, 0) is 4.74 Å². The molecular formula is C17H21NO2S. The van der Waals surface area contributed by atoms with E-state index < -0.39 is 0 Å². The molecule has 2 aromatic rings. The van der Waals surface area contributed by atoms with Gasteiger partial charge < -0.3 is 10.5 Å². The lowest BCUT2D eigenvalue weighted by Crippen LogP contribution is -2.13. The summed E-state index contributed by atoms with van der Waals surface area (Å²) in [6, 6.07) is 9.88. The lowest BCUT2D eigenvalue weighted by Gasteiger charge is -2.12. The van der Waals surface area contributed by atoms with E-state index in [0.717, 1.165) is 16.0 Å². The van der Waals surface area contributed by atoms with E-state index >= 15 is 0 Å². The third kappa shape index (κ3) is 3.27. The molecule has 1 heterocycles. The van der Waals surface area contributed by atoms with Gasteiger partial charge in [-0.2, -0.15) is 0 Å². The number of nitrogens with two attached hydrogens (primary N) is 1. The lowest BCUT2D eigenvalue weighted by atomic mass is 9.97. The molecule has 112 valence electrons. The number of esters is 1. The van der Waals surface area contributed by atoms with Crippen LogP contribution in [-0.4, -0.2) is 12.1 Å². The van der Waals surface area contributed by atoms with Gasteiger partial charge in [-0.1, -0.05) is 44.2 Å². The lowest BCUT2D eigenvalue weighted by molar-refractivity contribution is 0.0380. The van der Waals surface area contributed by atoms with Crippen LogP contribution in [0.25, 0.3) is 11.1 Å². The Balaban J connectivity index is 2.62. The number of anilines is 1. The monoisotopic (exact) mass is 303 g/mol. The Morgan fingerprint density at radius 2 is 1.76 bits per heavy atom. The fraction of sp³-hybridized carbons (Fsp3) is 0.353. The van der Waals surface area contributed by atoms with Crippen LogP contribution in [0.3, 0.4) is 0 Å². The minimum absolute atomic E-state index is 0.164. The molecule has 0 aliphatic carbocycles. The standard InChI is InChI=1S/C17H21NO2S/c1-10(2)15-13(12-8-6-5-7-9-12)14(16(18)21-15)17(19)20-11(3)4/h5-11H,18H2,1-4H3. The SMILES string of the molecule is CC(C)OC(=O)c1c(N)sc(C(C)C)c1-c1ccccc1. The first-order valence-corrected chi connectivity index (χ1v) is 7.92. The van der Waals surface area contributed by atoms with Gasteiger partial charge in [0.05, 0.1) is 6.10 Å². The molecule has 0 amide bonds. The normalized spacial score (nSPS) is 11.1. The summed E-state index contributed by atoms with van der Waals surface area (Å²) in [4.78, 5) is 13.5. The maximum Gasteiger partial charge on any atom is 0.342 e. The molecule has 0 fully saturated rings. The Morgan fingerprint density at radius 1 is 1.14 bits per heavy atom. The fourth-order valence-electron chi connectivity index (χ4n) is 2.24. The van der Waals surface area contributed by atoms with E-state index in [-0.39, 0.29) is 12.1 Å². The van der Waals surface area contributed by atoms with E-state index in [9.17, 15) is 4.79 Å². The Morgan fingerprint density at radius 3 is 2.29 bits per heavy atom. The van der Waals surface area contributed by atoms with Crippen molar-refractivity contribution in [2.45, 2.75) is 39.7 Å². The molecule has 0 aliphatic heterocycles. The molecular weight excluding hydrogens is 282 g/mol. The van der Waals surface area contributed by atoms with Crippen molar-refractivity contribution >= 4 is 22.3 Å². The second-order valence-corrected chi connectivity index (χ2v) is 6.64. The predicted molar refractivity (Wildman–Crippen MR) is 88.8 cm³/mol. The van der Waals surface area contributed by atoms with Crippen LogP contribution in [0.15, 0.2) is 30.3 Å². The number of carbonyl (C=O) groups is 1. The van der Waals surface area contributed by atoms with Gasteiger partial charge in [0.2, 0.25) is 0 Å². The Bertz CT molecular complexity index is 630. The van der Waals surface area contributed by atoms with Crippen LogP contribution >= 0.6 is 11.3 Å². The first-order valence-electron chi connectivity index (χ1n) is 7.10. The molecule has 1 aromatic carbocycles. The van der Waals surface area contributed by atoms with Crippen molar-refractivity contribution in [3.05, 3.63) is 40.8 Å². The van der Waals surface area contributed by atoms with Crippen molar-refractivity contribution < 1.29 is 9.53 Å². The van der Waals surface area contributed by atoms with Crippen LogP contribution in [0.2, 0.25) is 0 Å². The van der Waals surface area contributed by atoms with Crippen molar-refractivity contribution in [3.63, 3.8) is 0 Å². The van der Waals surface area contributed by atoms with Gasteiger partial charge in [0.1, 0.15) is 10.6 Å². The number of ether oxygens (including phenoxy) is 1. The number of thiophene rings is 1. The van der Waals surface area contributed by atoms with Gasteiger partial charge in [-0.3, -0.25) is 0 Å². The third-order valence-corrected chi connectivity index (χ3v) is 4.42. The highest BCUT2D eigenvalue weighted by Gasteiger charge is 2.26. The van der Waals surface area contributed by atoms with Crippen molar-refractivity contribution in [2.24, 2.45) is 0 Å². The highest BCUT2D eigenvalue weighted by Crippen LogP contribution is 2.42. The summed E-state index contributed by atoms with van der Waals surface area (Å²) in [5.41, 5.74) is 8.53. The molecule has 1 aromatic heterocycles. The Hall–Kier alpha value is -1.81. The minimum atomic E-state index is -0.343. The molecule has 0 unspecified atom stereocenters. The van der Waals surface area contributed by atoms with Crippen molar-refractivity contribution in [1.82, 2.24) is 0 Å². The molecule has 0 spiro atoms. The number of benzene rings is 1. The van der Waals surface area contributed by atoms with Crippen molar-refractivity contribution in [3.8, 4) is 11.1 Å². The molecule has 2 rings (SSSR count). The van der Waals surface area contributed by atoms with Crippen molar-refractivity contribution in [1.29, 1.82) is 0 Å². The van der Waals surface area contributed by atoms with Crippen LogP contribution in [0, 0.1) is 0 Å². The van der Waals surface area contributed by atoms with E-state index in [1.165, 1.54) is 11.3 Å². The predicted octanol–water partition coefficient (Wildman–Crippen LogP) is 4.69. The fourth-order valence-corrected chi connectivity index (χ4v) is 3.32. The van der Waals surface area contributed by atoms with Gasteiger partial charge in [-0.15, -0.1) is 11.3 Å². The molecule has 0 radical (unpaired) electrons. The zero-order chi connectivity index (χ0) is 15.6. The summed E-state index contributed by atoms with van der Waals surface area (Å²) in [6.07, 6.45) is -0.164. The van der Waals surface area contributed by atoms with Gasteiger partial charge in [0, 0.05) is 10.4 Å². The smallest absolute Gasteiger partial charge is 0.342 e. The maximum absolute atomic E-state index is 12.4. The molecule has 21 heavy (non-hydrogen) atoms. The minimum Gasteiger partial charge on any atom is -0.459 e. The van der Waals surface area contributed by atoms with Crippen LogP contribution in [0.5, 0.6) is 0 Å². The number of hydrogen-bond acceptors (Lipinski definition) is 4. The van der Waals surface area contributed by atoms with Gasteiger partial charge >= 0.3 is 5.97 Å².